The lowest BCUT2D eigenvalue weighted by atomic mass is 10.1. The summed E-state index contributed by atoms with van der Waals surface area (Å²) in [6.45, 7) is 2.48. The summed E-state index contributed by atoms with van der Waals surface area (Å²) < 4.78 is 37.7. The van der Waals surface area contributed by atoms with Crippen molar-refractivity contribution in [3.63, 3.8) is 0 Å². The second-order valence-corrected chi connectivity index (χ2v) is 6.66. The number of ether oxygens (including phenoxy) is 6. The number of benzene rings is 2. The molecule has 10 heteroatoms. The second-order valence-electron chi connectivity index (χ2n) is 6.66. The molecule has 33 heavy (non-hydrogen) atoms. The standard InChI is InChI=1S/C23H22O10/c1-11(24)31-14-8-7-13(9-15(14)27-3)20-23(30-6)19(26)18-16(33-20)10-17(28-4)21(22(18)29-5)32-12(2)25/h7-10H,1-6H3. The predicted octanol–water partition coefficient (Wildman–Crippen LogP) is 3.35. The van der Waals surface area contributed by atoms with Crippen molar-refractivity contribution in [3.05, 3.63) is 34.5 Å². The fourth-order valence-electron chi connectivity index (χ4n) is 3.27. The van der Waals surface area contributed by atoms with Gasteiger partial charge in [0.05, 0.1) is 28.4 Å². The van der Waals surface area contributed by atoms with Crippen molar-refractivity contribution in [2.24, 2.45) is 0 Å². The molecule has 0 spiro atoms. The lowest BCUT2D eigenvalue weighted by Crippen LogP contribution is -2.11. The van der Waals surface area contributed by atoms with Crippen LogP contribution >= 0.6 is 0 Å². The van der Waals surface area contributed by atoms with E-state index in [1.54, 1.807) is 6.07 Å². The largest absolute Gasteiger partial charge is 0.493 e. The van der Waals surface area contributed by atoms with E-state index in [0.29, 0.717) is 5.56 Å². The van der Waals surface area contributed by atoms with Gasteiger partial charge in [-0.1, -0.05) is 0 Å². The first-order chi connectivity index (χ1) is 15.7. The monoisotopic (exact) mass is 458 g/mol. The van der Waals surface area contributed by atoms with Crippen LogP contribution in [-0.2, 0) is 9.59 Å². The minimum absolute atomic E-state index is 0.00125. The fourth-order valence-corrected chi connectivity index (χ4v) is 3.27. The molecule has 0 unspecified atom stereocenters. The molecule has 0 aliphatic rings. The van der Waals surface area contributed by atoms with E-state index in [1.807, 2.05) is 0 Å². The third kappa shape index (κ3) is 4.40. The van der Waals surface area contributed by atoms with Gasteiger partial charge in [0.1, 0.15) is 11.0 Å². The third-order valence-electron chi connectivity index (χ3n) is 4.57. The zero-order valence-electron chi connectivity index (χ0n) is 18.9. The lowest BCUT2D eigenvalue weighted by molar-refractivity contribution is -0.133. The van der Waals surface area contributed by atoms with Crippen LogP contribution in [0.25, 0.3) is 22.3 Å². The maximum Gasteiger partial charge on any atom is 0.308 e. The van der Waals surface area contributed by atoms with Gasteiger partial charge in [0, 0.05) is 25.5 Å². The lowest BCUT2D eigenvalue weighted by Gasteiger charge is -2.16. The van der Waals surface area contributed by atoms with Crippen LogP contribution in [0.1, 0.15) is 13.8 Å². The predicted molar refractivity (Wildman–Crippen MR) is 117 cm³/mol. The topological polar surface area (TPSA) is 120 Å². The van der Waals surface area contributed by atoms with Crippen molar-refractivity contribution in [2.45, 2.75) is 13.8 Å². The smallest absolute Gasteiger partial charge is 0.308 e. The first-order valence-electron chi connectivity index (χ1n) is 9.60. The van der Waals surface area contributed by atoms with Gasteiger partial charge in [-0.05, 0) is 18.2 Å². The zero-order chi connectivity index (χ0) is 24.3. The highest BCUT2D eigenvalue weighted by atomic mass is 16.6. The van der Waals surface area contributed by atoms with Crippen LogP contribution in [-0.4, -0.2) is 40.4 Å². The highest BCUT2D eigenvalue weighted by Crippen LogP contribution is 2.45. The molecule has 3 aromatic rings. The van der Waals surface area contributed by atoms with E-state index in [-0.39, 0.29) is 51.2 Å². The maximum atomic E-state index is 13.4. The van der Waals surface area contributed by atoms with E-state index in [4.69, 9.17) is 32.8 Å². The molecule has 0 atom stereocenters. The first-order valence-corrected chi connectivity index (χ1v) is 9.60. The van der Waals surface area contributed by atoms with Crippen LogP contribution in [0.2, 0.25) is 0 Å². The van der Waals surface area contributed by atoms with Crippen LogP contribution in [0.15, 0.2) is 33.5 Å². The number of rotatable bonds is 7. The van der Waals surface area contributed by atoms with Gasteiger partial charge in [0.15, 0.2) is 28.8 Å². The highest BCUT2D eigenvalue weighted by molar-refractivity contribution is 5.93. The van der Waals surface area contributed by atoms with Gasteiger partial charge in [-0.3, -0.25) is 14.4 Å². The molecule has 10 nitrogen and oxygen atoms in total. The van der Waals surface area contributed by atoms with Gasteiger partial charge in [-0.2, -0.15) is 0 Å². The second kappa shape index (κ2) is 9.51. The minimum atomic E-state index is -0.626. The molecule has 1 aromatic heterocycles. The van der Waals surface area contributed by atoms with E-state index < -0.39 is 17.4 Å². The molecule has 0 N–H and O–H groups in total. The highest BCUT2D eigenvalue weighted by Gasteiger charge is 2.26. The summed E-state index contributed by atoms with van der Waals surface area (Å²) in [7, 11) is 5.41. The molecule has 0 saturated carbocycles. The van der Waals surface area contributed by atoms with Crippen molar-refractivity contribution in [1.82, 2.24) is 0 Å². The summed E-state index contributed by atoms with van der Waals surface area (Å²) in [5, 5.41) is -0.00125. The van der Waals surface area contributed by atoms with E-state index >= 15 is 0 Å². The molecular formula is C23H22O10. The Labute approximate surface area is 188 Å². The Bertz CT molecular complexity index is 1290. The van der Waals surface area contributed by atoms with Crippen LogP contribution in [0.4, 0.5) is 0 Å². The Morgan fingerprint density at radius 1 is 0.727 bits per heavy atom. The summed E-state index contributed by atoms with van der Waals surface area (Å²) in [4.78, 5) is 36.3. The number of esters is 2. The SMILES string of the molecule is COc1cc(-c2oc3cc(OC)c(OC(C)=O)c(OC)c3c(=O)c2OC)ccc1OC(C)=O. The maximum absolute atomic E-state index is 13.4. The van der Waals surface area contributed by atoms with E-state index in [1.165, 1.54) is 60.5 Å². The van der Waals surface area contributed by atoms with Crippen LogP contribution < -0.4 is 33.8 Å². The molecule has 3 rings (SSSR count). The molecule has 1 heterocycles. The van der Waals surface area contributed by atoms with Gasteiger partial charge in [-0.25, -0.2) is 0 Å². The Kier molecular flexibility index (Phi) is 6.76. The van der Waals surface area contributed by atoms with Gasteiger partial charge in [0.25, 0.3) is 0 Å². The van der Waals surface area contributed by atoms with Crippen LogP contribution in [0, 0.1) is 0 Å². The molecule has 174 valence electrons. The molecule has 0 aliphatic carbocycles. The third-order valence-corrected chi connectivity index (χ3v) is 4.57. The molecule has 2 aromatic carbocycles. The van der Waals surface area contributed by atoms with Crippen molar-refractivity contribution in [2.75, 3.05) is 28.4 Å². The van der Waals surface area contributed by atoms with E-state index in [0.717, 1.165) is 0 Å². The Hall–Kier alpha value is -4.21. The van der Waals surface area contributed by atoms with E-state index in [9.17, 15) is 14.4 Å². The number of carbonyl (C=O) groups is 2. The number of carbonyl (C=O) groups excluding carboxylic acids is 2. The first kappa shape index (κ1) is 23.5. The average molecular weight is 458 g/mol. The Morgan fingerprint density at radius 3 is 1.91 bits per heavy atom. The van der Waals surface area contributed by atoms with Gasteiger partial charge in [-0.15, -0.1) is 0 Å². The molecule has 0 aliphatic heterocycles. The molecule has 0 bridgehead atoms. The zero-order valence-corrected chi connectivity index (χ0v) is 18.9. The van der Waals surface area contributed by atoms with Crippen molar-refractivity contribution >= 4 is 22.9 Å². The summed E-state index contributed by atoms with van der Waals surface area (Å²) in [6.07, 6.45) is 0. The van der Waals surface area contributed by atoms with E-state index in [2.05, 4.69) is 0 Å². The molecule has 0 amide bonds. The molecule has 0 radical (unpaired) electrons. The van der Waals surface area contributed by atoms with Gasteiger partial charge >= 0.3 is 11.9 Å². The molecular weight excluding hydrogens is 436 g/mol. The van der Waals surface area contributed by atoms with Crippen molar-refractivity contribution in [3.8, 4) is 45.8 Å². The Balaban J connectivity index is 2.34. The van der Waals surface area contributed by atoms with Gasteiger partial charge < -0.3 is 32.8 Å². The van der Waals surface area contributed by atoms with Crippen molar-refractivity contribution in [1.29, 1.82) is 0 Å². The van der Waals surface area contributed by atoms with Crippen molar-refractivity contribution < 1.29 is 42.4 Å². The number of hydrogen-bond acceptors (Lipinski definition) is 10. The number of methoxy groups -OCH3 is 4. The molecule has 0 fully saturated rings. The average Bonchev–Trinajstić information content (AvgIpc) is 2.78. The summed E-state index contributed by atoms with van der Waals surface area (Å²) >= 11 is 0. The molecule has 0 saturated heterocycles. The summed E-state index contributed by atoms with van der Waals surface area (Å²) in [6, 6.07) is 6.02. The summed E-state index contributed by atoms with van der Waals surface area (Å²) in [5.41, 5.74) is -0.0475. The van der Waals surface area contributed by atoms with Crippen LogP contribution in [0.5, 0.6) is 34.5 Å². The van der Waals surface area contributed by atoms with Crippen LogP contribution in [0.3, 0.4) is 0 Å². The summed E-state index contributed by atoms with van der Waals surface area (Å²) in [5.74, 6) is -0.711. The number of hydrogen-bond donors (Lipinski definition) is 0. The normalized spacial score (nSPS) is 10.5. The Morgan fingerprint density at radius 2 is 1.36 bits per heavy atom. The number of fused-ring (bicyclic) bond motifs is 1. The van der Waals surface area contributed by atoms with Gasteiger partial charge in [0.2, 0.25) is 16.9 Å². The quantitative estimate of drug-likeness (QED) is 0.385. The fraction of sp³-hybridized carbons (Fsp3) is 0.261. The minimum Gasteiger partial charge on any atom is -0.493 e.